The van der Waals surface area contributed by atoms with Crippen molar-refractivity contribution >= 4 is 16.9 Å². The monoisotopic (exact) mass is 287 g/mol. The molecule has 1 aliphatic heterocycles. The van der Waals surface area contributed by atoms with Crippen molar-refractivity contribution in [2.75, 3.05) is 26.7 Å². The van der Waals surface area contributed by atoms with Gasteiger partial charge in [0.25, 0.3) is 5.91 Å². The minimum Gasteiger partial charge on any atom is -0.339 e. The maximum Gasteiger partial charge on any atom is 0.253 e. The highest BCUT2D eigenvalue weighted by atomic mass is 16.2. The molecule has 21 heavy (non-hydrogen) atoms. The van der Waals surface area contributed by atoms with Gasteiger partial charge in [-0.05, 0) is 50.6 Å². The second-order valence-corrected chi connectivity index (χ2v) is 5.71. The number of nitrogens with zero attached hydrogens (tertiary/aromatic N) is 4. The maximum atomic E-state index is 12.6. The van der Waals surface area contributed by atoms with Crippen LogP contribution in [0.15, 0.2) is 18.2 Å². The van der Waals surface area contributed by atoms with Crippen LogP contribution in [0, 0.1) is 5.92 Å². The highest BCUT2D eigenvalue weighted by Crippen LogP contribution is 2.20. The third kappa shape index (κ3) is 2.76. The Kier molecular flexibility index (Phi) is 3.88. The molecular weight excluding hydrogens is 266 g/mol. The number of benzene rings is 1. The number of rotatable bonds is 3. The van der Waals surface area contributed by atoms with Crippen LogP contribution in [0.4, 0.5) is 0 Å². The van der Waals surface area contributed by atoms with Crippen molar-refractivity contribution in [3.63, 3.8) is 0 Å². The summed E-state index contributed by atoms with van der Waals surface area (Å²) in [6.07, 6.45) is 2.14. The Hall–Kier alpha value is -1.95. The highest BCUT2D eigenvalue weighted by Gasteiger charge is 2.23. The molecule has 112 valence electrons. The van der Waals surface area contributed by atoms with Gasteiger partial charge in [-0.15, -0.1) is 5.10 Å². The van der Waals surface area contributed by atoms with E-state index in [1.165, 1.54) is 0 Å². The van der Waals surface area contributed by atoms with Crippen molar-refractivity contribution in [3.05, 3.63) is 23.8 Å². The molecule has 0 aliphatic carbocycles. The average molecular weight is 287 g/mol. The molecule has 1 aromatic carbocycles. The van der Waals surface area contributed by atoms with Crippen LogP contribution in [-0.4, -0.2) is 52.5 Å². The van der Waals surface area contributed by atoms with Crippen molar-refractivity contribution in [2.24, 2.45) is 13.0 Å². The summed E-state index contributed by atoms with van der Waals surface area (Å²) in [5.41, 5.74) is 2.42. The smallest absolute Gasteiger partial charge is 0.253 e. The van der Waals surface area contributed by atoms with E-state index < -0.39 is 0 Å². The van der Waals surface area contributed by atoms with Crippen LogP contribution >= 0.6 is 0 Å². The number of hydrogen-bond acceptors (Lipinski definition) is 4. The molecule has 6 heteroatoms. The zero-order chi connectivity index (χ0) is 14.8. The molecule has 1 N–H and O–H groups in total. The summed E-state index contributed by atoms with van der Waals surface area (Å²) < 4.78 is 1.72. The summed E-state index contributed by atoms with van der Waals surface area (Å²) in [7, 11) is 3.83. The van der Waals surface area contributed by atoms with E-state index in [0.717, 1.165) is 43.5 Å². The zero-order valence-corrected chi connectivity index (χ0v) is 12.5. The predicted molar refractivity (Wildman–Crippen MR) is 81.1 cm³/mol. The van der Waals surface area contributed by atoms with Gasteiger partial charge in [0.1, 0.15) is 5.52 Å². The molecule has 2 aromatic rings. The molecule has 6 nitrogen and oxygen atoms in total. The lowest BCUT2D eigenvalue weighted by molar-refractivity contribution is 0.0691. The van der Waals surface area contributed by atoms with Crippen molar-refractivity contribution in [3.8, 4) is 0 Å². The number of piperidine rings is 1. The van der Waals surface area contributed by atoms with Crippen LogP contribution in [0.2, 0.25) is 0 Å². The Morgan fingerprint density at radius 1 is 1.38 bits per heavy atom. The first-order chi connectivity index (χ1) is 10.2. The van der Waals surface area contributed by atoms with Gasteiger partial charge >= 0.3 is 0 Å². The molecule has 0 atom stereocenters. The summed E-state index contributed by atoms with van der Waals surface area (Å²) in [6, 6.07) is 5.62. The summed E-state index contributed by atoms with van der Waals surface area (Å²) in [5.74, 6) is 0.784. The minimum atomic E-state index is 0.102. The lowest BCUT2D eigenvalue weighted by Gasteiger charge is -2.32. The van der Waals surface area contributed by atoms with E-state index in [4.69, 9.17) is 0 Å². The van der Waals surface area contributed by atoms with Crippen molar-refractivity contribution in [2.45, 2.75) is 12.8 Å². The molecule has 0 spiro atoms. The van der Waals surface area contributed by atoms with E-state index in [2.05, 4.69) is 15.6 Å². The summed E-state index contributed by atoms with van der Waals surface area (Å²) in [6.45, 7) is 2.71. The predicted octanol–water partition coefficient (Wildman–Crippen LogP) is 1.04. The van der Waals surface area contributed by atoms with Gasteiger partial charge in [-0.1, -0.05) is 5.21 Å². The Labute approximate surface area is 124 Å². The molecule has 0 saturated carbocycles. The molecule has 1 saturated heterocycles. The quantitative estimate of drug-likeness (QED) is 0.916. The number of aromatic nitrogens is 3. The highest BCUT2D eigenvalue weighted by molar-refractivity contribution is 5.97. The molecule has 0 unspecified atom stereocenters. The van der Waals surface area contributed by atoms with Crippen molar-refractivity contribution < 1.29 is 4.79 Å². The number of amides is 1. The fraction of sp³-hybridized carbons (Fsp3) is 0.533. The lowest BCUT2D eigenvalue weighted by Crippen LogP contribution is -2.40. The normalized spacial score (nSPS) is 16.6. The summed E-state index contributed by atoms with van der Waals surface area (Å²) >= 11 is 0. The molecule has 1 aromatic heterocycles. The van der Waals surface area contributed by atoms with E-state index >= 15 is 0 Å². The molecule has 1 amide bonds. The van der Waals surface area contributed by atoms with Gasteiger partial charge < -0.3 is 10.2 Å². The standard InChI is InChI=1S/C15H21N5O/c1-16-10-11-5-7-20(8-6-11)15(21)12-3-4-14-13(9-12)17-18-19(14)2/h3-4,9,11,16H,5-8,10H2,1-2H3. The lowest BCUT2D eigenvalue weighted by atomic mass is 9.96. The Morgan fingerprint density at radius 2 is 2.14 bits per heavy atom. The van der Waals surface area contributed by atoms with E-state index in [0.29, 0.717) is 11.5 Å². The van der Waals surface area contributed by atoms with Gasteiger partial charge in [-0.25, -0.2) is 4.68 Å². The molecular formula is C15H21N5O. The molecule has 1 aliphatic rings. The number of carbonyl (C=O) groups is 1. The third-order valence-corrected chi connectivity index (χ3v) is 4.25. The molecule has 0 bridgehead atoms. The fourth-order valence-electron chi connectivity index (χ4n) is 2.99. The Bertz CT molecular complexity index is 643. The largest absolute Gasteiger partial charge is 0.339 e. The van der Waals surface area contributed by atoms with E-state index in [1.54, 1.807) is 4.68 Å². The van der Waals surface area contributed by atoms with Gasteiger partial charge in [0.15, 0.2) is 0 Å². The average Bonchev–Trinajstić information content (AvgIpc) is 2.88. The summed E-state index contributed by atoms with van der Waals surface area (Å²) in [5, 5.41) is 11.3. The van der Waals surface area contributed by atoms with Gasteiger partial charge in [0.2, 0.25) is 0 Å². The van der Waals surface area contributed by atoms with Gasteiger partial charge in [0, 0.05) is 25.7 Å². The second kappa shape index (κ2) is 5.81. The topological polar surface area (TPSA) is 63.1 Å². The number of aryl methyl sites for hydroxylation is 1. The van der Waals surface area contributed by atoms with Crippen LogP contribution in [0.3, 0.4) is 0 Å². The molecule has 2 heterocycles. The van der Waals surface area contributed by atoms with Crippen LogP contribution in [-0.2, 0) is 7.05 Å². The van der Waals surface area contributed by atoms with E-state index in [1.807, 2.05) is 37.2 Å². The fourth-order valence-corrected chi connectivity index (χ4v) is 2.99. The maximum absolute atomic E-state index is 12.6. The van der Waals surface area contributed by atoms with Crippen molar-refractivity contribution in [1.82, 2.24) is 25.2 Å². The number of fused-ring (bicyclic) bond motifs is 1. The van der Waals surface area contributed by atoms with Gasteiger partial charge in [-0.2, -0.15) is 0 Å². The van der Waals surface area contributed by atoms with Gasteiger partial charge in [-0.3, -0.25) is 4.79 Å². The first kappa shape index (κ1) is 14.0. The number of likely N-dealkylation sites (tertiary alicyclic amines) is 1. The van der Waals surface area contributed by atoms with E-state index in [-0.39, 0.29) is 5.91 Å². The second-order valence-electron chi connectivity index (χ2n) is 5.71. The first-order valence-corrected chi connectivity index (χ1v) is 7.42. The summed E-state index contributed by atoms with van der Waals surface area (Å²) in [4.78, 5) is 14.5. The van der Waals surface area contributed by atoms with Gasteiger partial charge in [0.05, 0.1) is 5.52 Å². The Morgan fingerprint density at radius 3 is 2.86 bits per heavy atom. The van der Waals surface area contributed by atoms with Crippen LogP contribution in [0.5, 0.6) is 0 Å². The molecule has 1 fully saturated rings. The van der Waals surface area contributed by atoms with E-state index in [9.17, 15) is 4.79 Å². The Balaban J connectivity index is 1.72. The molecule has 3 rings (SSSR count). The first-order valence-electron chi connectivity index (χ1n) is 7.42. The minimum absolute atomic E-state index is 0.102. The third-order valence-electron chi connectivity index (χ3n) is 4.25. The number of nitrogens with one attached hydrogen (secondary N) is 1. The number of hydrogen-bond donors (Lipinski definition) is 1. The van der Waals surface area contributed by atoms with Crippen LogP contribution < -0.4 is 5.32 Å². The van der Waals surface area contributed by atoms with Crippen LogP contribution in [0.1, 0.15) is 23.2 Å². The number of carbonyl (C=O) groups excluding carboxylic acids is 1. The van der Waals surface area contributed by atoms with Crippen molar-refractivity contribution in [1.29, 1.82) is 0 Å². The molecule has 0 radical (unpaired) electrons. The zero-order valence-electron chi connectivity index (χ0n) is 12.5. The SMILES string of the molecule is CNCC1CCN(C(=O)c2ccc3c(c2)nnn3C)CC1. The van der Waals surface area contributed by atoms with Crippen LogP contribution in [0.25, 0.3) is 11.0 Å².